The van der Waals surface area contributed by atoms with Gasteiger partial charge in [-0.2, -0.15) is 9.94 Å². The van der Waals surface area contributed by atoms with Gasteiger partial charge in [0, 0.05) is 17.3 Å². The van der Waals surface area contributed by atoms with Gasteiger partial charge in [0.2, 0.25) is 0 Å². The number of halogens is 1. The van der Waals surface area contributed by atoms with Crippen molar-refractivity contribution in [3.63, 3.8) is 0 Å². The molecule has 1 heterocycles. The predicted molar refractivity (Wildman–Crippen MR) is 139 cm³/mol. The maximum Gasteiger partial charge on any atom is 0.252 e. The minimum absolute atomic E-state index is 0.0617. The SMILES string of the molecule is CCOc1cc(CN(c2ccc(C#N)cc2)c2nnnn2COCc2ccccc2)c(F)c(OC(C)C)c1. The maximum absolute atomic E-state index is 15.6. The van der Waals surface area contributed by atoms with Crippen molar-refractivity contribution in [3.05, 3.63) is 89.2 Å². The van der Waals surface area contributed by atoms with Crippen molar-refractivity contribution in [2.24, 2.45) is 0 Å². The summed E-state index contributed by atoms with van der Waals surface area (Å²) in [5, 5.41) is 21.4. The summed E-state index contributed by atoms with van der Waals surface area (Å²) in [6.07, 6.45) is -0.224. The van der Waals surface area contributed by atoms with E-state index in [0.717, 1.165) is 5.56 Å². The summed E-state index contributed by atoms with van der Waals surface area (Å²) in [7, 11) is 0. The molecule has 0 bridgehead atoms. The fraction of sp³-hybridized carbons (Fsp3) is 0.286. The van der Waals surface area contributed by atoms with Gasteiger partial charge in [0.25, 0.3) is 5.95 Å². The second-order valence-electron chi connectivity index (χ2n) is 8.68. The van der Waals surface area contributed by atoms with Crippen LogP contribution in [0.3, 0.4) is 0 Å². The van der Waals surface area contributed by atoms with E-state index in [1.165, 1.54) is 4.68 Å². The van der Waals surface area contributed by atoms with Gasteiger partial charge in [-0.05, 0) is 67.1 Å². The van der Waals surface area contributed by atoms with Gasteiger partial charge in [-0.25, -0.2) is 4.39 Å². The van der Waals surface area contributed by atoms with E-state index in [-0.39, 0.29) is 25.1 Å². The average Bonchev–Trinajstić information content (AvgIpc) is 3.38. The number of anilines is 2. The van der Waals surface area contributed by atoms with Crippen LogP contribution in [0, 0.1) is 17.1 Å². The molecular formula is C28H29FN6O3. The highest BCUT2D eigenvalue weighted by molar-refractivity contribution is 5.59. The first-order chi connectivity index (χ1) is 18.5. The van der Waals surface area contributed by atoms with E-state index in [2.05, 4.69) is 21.6 Å². The Morgan fingerprint density at radius 1 is 1.08 bits per heavy atom. The second kappa shape index (κ2) is 12.7. The van der Waals surface area contributed by atoms with Gasteiger partial charge in [-0.1, -0.05) is 35.4 Å². The number of nitriles is 1. The molecule has 4 rings (SSSR count). The second-order valence-corrected chi connectivity index (χ2v) is 8.68. The number of rotatable bonds is 12. The van der Waals surface area contributed by atoms with Gasteiger partial charge in [0.1, 0.15) is 12.5 Å². The van der Waals surface area contributed by atoms with E-state index in [0.29, 0.717) is 41.7 Å². The zero-order chi connectivity index (χ0) is 26.9. The molecule has 196 valence electrons. The normalized spacial score (nSPS) is 10.8. The van der Waals surface area contributed by atoms with Gasteiger partial charge >= 0.3 is 0 Å². The molecule has 9 nitrogen and oxygen atoms in total. The van der Waals surface area contributed by atoms with Crippen LogP contribution in [0.2, 0.25) is 0 Å². The van der Waals surface area contributed by atoms with Crippen LogP contribution in [0.25, 0.3) is 0 Å². The van der Waals surface area contributed by atoms with E-state index in [1.54, 1.807) is 41.3 Å². The molecule has 0 fully saturated rings. The van der Waals surface area contributed by atoms with Crippen LogP contribution < -0.4 is 14.4 Å². The van der Waals surface area contributed by atoms with Crippen molar-refractivity contribution in [2.75, 3.05) is 11.5 Å². The van der Waals surface area contributed by atoms with Crippen LogP contribution in [0.15, 0.2) is 66.7 Å². The van der Waals surface area contributed by atoms with Gasteiger partial charge in [-0.15, -0.1) is 0 Å². The third kappa shape index (κ3) is 6.63. The number of tetrazole rings is 1. The van der Waals surface area contributed by atoms with Crippen LogP contribution in [0.5, 0.6) is 11.5 Å². The Bertz CT molecular complexity index is 1370. The summed E-state index contributed by atoms with van der Waals surface area (Å²) in [6.45, 7) is 6.46. The number of ether oxygens (including phenoxy) is 3. The molecule has 38 heavy (non-hydrogen) atoms. The molecule has 0 radical (unpaired) electrons. The standard InChI is InChI=1S/C28H29FN6O3/c1-4-37-25-14-23(27(29)26(15-25)38-20(2)3)17-34(24-12-10-21(16-30)11-13-24)28-31-32-33-35(28)19-36-18-22-8-6-5-7-9-22/h5-15,20H,4,17-19H2,1-3H3. The average molecular weight is 517 g/mol. The number of hydrogen-bond donors (Lipinski definition) is 0. The first-order valence-electron chi connectivity index (χ1n) is 12.3. The molecule has 0 spiro atoms. The minimum atomic E-state index is -0.500. The molecule has 0 saturated carbocycles. The van der Waals surface area contributed by atoms with Gasteiger partial charge in [-0.3, -0.25) is 0 Å². The summed E-state index contributed by atoms with van der Waals surface area (Å²) < 4.78 is 34.4. The largest absolute Gasteiger partial charge is 0.494 e. The Hall–Kier alpha value is -4.49. The topological polar surface area (TPSA) is 98.3 Å². The Kier molecular flexibility index (Phi) is 8.85. The Morgan fingerprint density at radius 3 is 2.53 bits per heavy atom. The molecule has 10 heteroatoms. The van der Waals surface area contributed by atoms with Crippen molar-refractivity contribution in [3.8, 4) is 17.6 Å². The number of aromatic nitrogens is 4. The molecule has 0 amide bonds. The summed E-state index contributed by atoms with van der Waals surface area (Å²) >= 11 is 0. The first-order valence-corrected chi connectivity index (χ1v) is 12.3. The van der Waals surface area contributed by atoms with Crippen molar-refractivity contribution >= 4 is 11.6 Å². The minimum Gasteiger partial charge on any atom is -0.494 e. The lowest BCUT2D eigenvalue weighted by atomic mass is 10.1. The molecular weight excluding hydrogens is 487 g/mol. The highest BCUT2D eigenvalue weighted by atomic mass is 19.1. The molecule has 3 aromatic carbocycles. The number of benzene rings is 3. The quantitative estimate of drug-likeness (QED) is 0.247. The summed E-state index contributed by atoms with van der Waals surface area (Å²) in [4.78, 5) is 1.75. The van der Waals surface area contributed by atoms with Gasteiger partial charge in [0.05, 0.1) is 37.5 Å². The Balaban J connectivity index is 1.68. The van der Waals surface area contributed by atoms with Gasteiger partial charge < -0.3 is 19.1 Å². The molecule has 1 aromatic heterocycles. The zero-order valence-corrected chi connectivity index (χ0v) is 21.5. The molecule has 0 aliphatic rings. The van der Waals surface area contributed by atoms with E-state index in [1.807, 2.05) is 51.1 Å². The fourth-order valence-electron chi connectivity index (χ4n) is 3.80. The van der Waals surface area contributed by atoms with Crippen molar-refractivity contribution in [2.45, 2.75) is 46.8 Å². The van der Waals surface area contributed by atoms with Crippen molar-refractivity contribution < 1.29 is 18.6 Å². The lowest BCUT2D eigenvalue weighted by Gasteiger charge is -2.24. The molecule has 4 aromatic rings. The van der Waals surface area contributed by atoms with Crippen molar-refractivity contribution in [1.29, 1.82) is 5.26 Å². The first kappa shape index (κ1) is 26.6. The number of hydrogen-bond acceptors (Lipinski definition) is 8. The summed E-state index contributed by atoms with van der Waals surface area (Å²) in [6, 6.07) is 21.9. The highest BCUT2D eigenvalue weighted by Gasteiger charge is 2.22. The lowest BCUT2D eigenvalue weighted by Crippen LogP contribution is -2.23. The molecule has 0 unspecified atom stereocenters. The number of nitrogens with zero attached hydrogens (tertiary/aromatic N) is 6. The van der Waals surface area contributed by atoms with Crippen LogP contribution >= 0.6 is 0 Å². The van der Waals surface area contributed by atoms with Crippen LogP contribution in [0.1, 0.15) is 37.5 Å². The fourth-order valence-corrected chi connectivity index (χ4v) is 3.80. The van der Waals surface area contributed by atoms with Crippen molar-refractivity contribution in [1.82, 2.24) is 20.2 Å². The Labute approximate surface area is 221 Å². The lowest BCUT2D eigenvalue weighted by molar-refractivity contribution is 0.0558. The third-order valence-electron chi connectivity index (χ3n) is 5.48. The van der Waals surface area contributed by atoms with E-state index in [9.17, 15) is 5.26 Å². The highest BCUT2D eigenvalue weighted by Crippen LogP contribution is 2.33. The van der Waals surface area contributed by atoms with E-state index < -0.39 is 5.82 Å². The van der Waals surface area contributed by atoms with Gasteiger partial charge in [0.15, 0.2) is 11.6 Å². The molecule has 0 atom stereocenters. The molecule has 0 aliphatic heterocycles. The molecule has 0 aliphatic carbocycles. The predicted octanol–water partition coefficient (Wildman–Crippen LogP) is 5.38. The van der Waals surface area contributed by atoms with E-state index in [4.69, 9.17) is 14.2 Å². The monoisotopic (exact) mass is 516 g/mol. The van der Waals surface area contributed by atoms with Crippen LogP contribution in [0.4, 0.5) is 16.0 Å². The summed E-state index contributed by atoms with van der Waals surface area (Å²) in [5.74, 6) is 0.437. The smallest absolute Gasteiger partial charge is 0.252 e. The maximum atomic E-state index is 15.6. The zero-order valence-electron chi connectivity index (χ0n) is 21.5. The van der Waals surface area contributed by atoms with Crippen LogP contribution in [-0.2, 0) is 24.6 Å². The Morgan fingerprint density at radius 2 is 1.84 bits per heavy atom. The third-order valence-corrected chi connectivity index (χ3v) is 5.48. The summed E-state index contributed by atoms with van der Waals surface area (Å²) in [5.41, 5.74) is 2.50. The van der Waals surface area contributed by atoms with Crippen LogP contribution in [-0.4, -0.2) is 32.9 Å². The molecule has 0 saturated heterocycles. The van der Waals surface area contributed by atoms with E-state index >= 15 is 4.39 Å². The molecule has 0 N–H and O–H groups in total.